The van der Waals surface area contributed by atoms with Gasteiger partial charge in [-0.1, -0.05) is 0 Å². The molecule has 0 fully saturated rings. The monoisotopic (exact) mass is 335 g/mol. The Morgan fingerprint density at radius 3 is 1.64 bits per heavy atom. The second kappa shape index (κ2) is 12.4. The highest BCUT2D eigenvalue weighted by atomic mass is 28.4. The van der Waals surface area contributed by atoms with Crippen LogP contribution in [0.1, 0.15) is 48.0 Å². The maximum Gasteiger partial charge on any atom is 0.334 e. The van der Waals surface area contributed by atoms with Gasteiger partial charge in [0.15, 0.2) is 0 Å². The summed E-state index contributed by atoms with van der Waals surface area (Å²) in [7, 11) is -2.03. The van der Waals surface area contributed by atoms with Crippen molar-refractivity contribution < 1.29 is 18.3 Å². The minimum atomic E-state index is -2.03. The average molecular weight is 336 g/mol. The molecule has 134 valence electrons. The van der Waals surface area contributed by atoms with Gasteiger partial charge in [-0.15, -0.1) is 0 Å². The summed E-state index contributed by atoms with van der Waals surface area (Å²) in [5, 5.41) is 0. The first-order valence-corrected chi connectivity index (χ1v) is 11.2. The largest absolute Gasteiger partial charge is 0.395 e. The molecule has 0 radical (unpaired) electrons. The third-order valence-electron chi connectivity index (χ3n) is 3.70. The molecule has 2 atom stereocenters. The Bertz CT molecular complexity index is 251. The summed E-state index contributed by atoms with van der Waals surface area (Å²) in [4.78, 5) is 2.26. The van der Waals surface area contributed by atoms with Crippen LogP contribution < -0.4 is 0 Å². The second-order valence-corrected chi connectivity index (χ2v) is 8.80. The third-order valence-corrected chi connectivity index (χ3v) is 6.76. The molecule has 5 nitrogen and oxygen atoms in total. The van der Waals surface area contributed by atoms with E-state index in [1.165, 1.54) is 0 Å². The number of nitrogens with zero attached hydrogens (tertiary/aromatic N) is 1. The molecule has 0 aliphatic carbocycles. The van der Waals surface area contributed by atoms with E-state index in [1.807, 2.05) is 27.7 Å². The van der Waals surface area contributed by atoms with Crippen LogP contribution in [0.25, 0.3) is 0 Å². The zero-order valence-corrected chi connectivity index (χ0v) is 16.7. The van der Waals surface area contributed by atoms with Gasteiger partial charge in [-0.25, -0.2) is 0 Å². The highest BCUT2D eigenvalue weighted by Crippen LogP contribution is 2.18. The minimum Gasteiger partial charge on any atom is -0.395 e. The molecule has 0 spiro atoms. The molecule has 0 saturated carbocycles. The predicted molar refractivity (Wildman–Crippen MR) is 93.2 cm³/mol. The van der Waals surface area contributed by atoms with E-state index in [9.17, 15) is 0 Å². The molecule has 0 bridgehead atoms. The summed E-state index contributed by atoms with van der Waals surface area (Å²) >= 11 is 0. The van der Waals surface area contributed by atoms with E-state index in [2.05, 4.69) is 25.3 Å². The van der Waals surface area contributed by atoms with E-state index < -0.39 is 8.56 Å². The topological polar surface area (TPSA) is 40.2 Å². The van der Waals surface area contributed by atoms with Crippen molar-refractivity contribution in [3.63, 3.8) is 0 Å². The Balaban J connectivity index is 4.53. The summed E-state index contributed by atoms with van der Waals surface area (Å²) in [6.45, 7) is 18.2. The van der Waals surface area contributed by atoms with Gasteiger partial charge in [-0.05, 0) is 60.6 Å². The maximum absolute atomic E-state index is 5.90. The average Bonchev–Trinajstić information content (AvgIpc) is 2.44. The van der Waals surface area contributed by atoms with E-state index in [0.717, 1.165) is 32.2 Å². The van der Waals surface area contributed by atoms with Crippen LogP contribution in [0.15, 0.2) is 0 Å². The fraction of sp³-hybridized carbons (Fsp3) is 1.00. The van der Waals surface area contributed by atoms with Gasteiger partial charge in [0.05, 0.1) is 0 Å². The number of rotatable bonds is 14. The summed E-state index contributed by atoms with van der Waals surface area (Å²) in [6, 6.07) is 0.989. The lowest BCUT2D eigenvalue weighted by Gasteiger charge is -2.34. The predicted octanol–water partition coefficient (Wildman–Crippen LogP) is 3.59. The van der Waals surface area contributed by atoms with Gasteiger partial charge >= 0.3 is 8.56 Å². The Morgan fingerprint density at radius 1 is 0.818 bits per heavy atom. The molecule has 0 aromatic rings. The Labute approximate surface area is 138 Å². The van der Waals surface area contributed by atoms with Crippen molar-refractivity contribution in [3.05, 3.63) is 0 Å². The van der Waals surface area contributed by atoms with Crippen molar-refractivity contribution in [3.8, 4) is 0 Å². The fourth-order valence-corrected chi connectivity index (χ4v) is 5.11. The minimum absolute atomic E-state index is 0.0543. The van der Waals surface area contributed by atoms with Crippen molar-refractivity contribution in [1.29, 1.82) is 0 Å². The standard InChI is InChI=1S/C16H37NO4Si/c1-8-18-15(5)17(16(6)19-9-2)13-12-14-22(7,20-10-3)21-11-4/h15-16H,8-14H2,1-7H3. The smallest absolute Gasteiger partial charge is 0.334 e. The Hall–Kier alpha value is 0.0169. The zero-order chi connectivity index (χ0) is 17.0. The number of hydrogen-bond donors (Lipinski definition) is 0. The van der Waals surface area contributed by atoms with Gasteiger partial charge in [0.1, 0.15) is 12.5 Å². The highest BCUT2D eigenvalue weighted by molar-refractivity contribution is 6.66. The fourth-order valence-electron chi connectivity index (χ4n) is 2.71. The van der Waals surface area contributed by atoms with Crippen LogP contribution in [0.5, 0.6) is 0 Å². The molecule has 0 saturated heterocycles. The van der Waals surface area contributed by atoms with E-state index in [0.29, 0.717) is 13.2 Å². The van der Waals surface area contributed by atoms with Crippen molar-refractivity contribution in [2.75, 3.05) is 33.0 Å². The van der Waals surface area contributed by atoms with Gasteiger partial charge in [0.2, 0.25) is 0 Å². The van der Waals surface area contributed by atoms with E-state index in [-0.39, 0.29) is 12.5 Å². The van der Waals surface area contributed by atoms with Crippen LogP contribution in [0, 0.1) is 0 Å². The van der Waals surface area contributed by atoms with Gasteiger partial charge in [-0.2, -0.15) is 0 Å². The molecule has 0 aromatic carbocycles. The van der Waals surface area contributed by atoms with E-state index >= 15 is 0 Å². The molecule has 0 N–H and O–H groups in total. The van der Waals surface area contributed by atoms with Gasteiger partial charge < -0.3 is 18.3 Å². The molecular weight excluding hydrogens is 298 g/mol. The van der Waals surface area contributed by atoms with Crippen molar-refractivity contribution in [1.82, 2.24) is 4.90 Å². The second-order valence-electron chi connectivity index (χ2n) is 5.45. The lowest BCUT2D eigenvalue weighted by molar-refractivity contribution is -0.136. The van der Waals surface area contributed by atoms with Crippen LogP contribution in [-0.2, 0) is 18.3 Å². The summed E-state index contributed by atoms with van der Waals surface area (Å²) in [5.41, 5.74) is 0. The van der Waals surface area contributed by atoms with Crippen LogP contribution >= 0.6 is 0 Å². The van der Waals surface area contributed by atoms with E-state index in [4.69, 9.17) is 18.3 Å². The summed E-state index contributed by atoms with van der Waals surface area (Å²) in [6.07, 6.45) is 1.13. The summed E-state index contributed by atoms with van der Waals surface area (Å²) in [5.74, 6) is 0. The molecule has 22 heavy (non-hydrogen) atoms. The van der Waals surface area contributed by atoms with Gasteiger partial charge in [-0.3, -0.25) is 4.90 Å². The molecule has 0 aliphatic heterocycles. The summed E-state index contributed by atoms with van der Waals surface area (Å²) < 4.78 is 23.3. The molecule has 2 unspecified atom stereocenters. The highest BCUT2D eigenvalue weighted by Gasteiger charge is 2.31. The first-order valence-electron chi connectivity index (χ1n) is 8.70. The lowest BCUT2D eigenvalue weighted by atomic mass is 10.3. The number of hydrogen-bond acceptors (Lipinski definition) is 5. The molecule has 0 rings (SSSR count). The molecule has 6 heteroatoms. The maximum atomic E-state index is 5.90. The lowest BCUT2D eigenvalue weighted by Crippen LogP contribution is -2.45. The van der Waals surface area contributed by atoms with Gasteiger partial charge in [0, 0.05) is 33.0 Å². The molecule has 0 aromatic heterocycles. The first-order chi connectivity index (χ1) is 10.4. The molecule has 0 amide bonds. The van der Waals surface area contributed by atoms with Crippen LogP contribution in [0.4, 0.5) is 0 Å². The zero-order valence-electron chi connectivity index (χ0n) is 15.7. The first kappa shape index (κ1) is 22.0. The molecule has 0 heterocycles. The number of ether oxygens (including phenoxy) is 2. The van der Waals surface area contributed by atoms with Crippen LogP contribution in [0.3, 0.4) is 0 Å². The van der Waals surface area contributed by atoms with Gasteiger partial charge in [0.25, 0.3) is 0 Å². The SMILES string of the molecule is CCOC(C)N(CCC[Si](C)(OCC)OCC)C(C)OCC. The van der Waals surface area contributed by atoms with E-state index in [1.54, 1.807) is 0 Å². The molecular formula is C16H37NO4Si. The molecule has 0 aliphatic rings. The Morgan fingerprint density at radius 2 is 1.27 bits per heavy atom. The van der Waals surface area contributed by atoms with Crippen LogP contribution in [-0.4, -0.2) is 58.9 Å². The van der Waals surface area contributed by atoms with Crippen molar-refractivity contribution in [2.45, 2.75) is 73.0 Å². The Kier molecular flexibility index (Phi) is 12.5. The quantitative estimate of drug-likeness (QED) is 0.358. The normalized spacial score (nSPS) is 15.3. The van der Waals surface area contributed by atoms with Crippen molar-refractivity contribution >= 4 is 8.56 Å². The third kappa shape index (κ3) is 8.60. The van der Waals surface area contributed by atoms with Crippen molar-refractivity contribution in [2.24, 2.45) is 0 Å². The van der Waals surface area contributed by atoms with Crippen LogP contribution in [0.2, 0.25) is 12.6 Å².